The predicted molar refractivity (Wildman–Crippen MR) is 67.7 cm³/mol. The molecule has 2 nitrogen and oxygen atoms in total. The molecule has 1 heterocycles. The quantitative estimate of drug-likeness (QED) is 0.845. The van der Waals surface area contributed by atoms with Gasteiger partial charge in [0.1, 0.15) is 11.3 Å². The van der Waals surface area contributed by atoms with Crippen molar-refractivity contribution in [2.45, 2.75) is 33.2 Å². The summed E-state index contributed by atoms with van der Waals surface area (Å²) in [6.45, 7) is 7.36. The third-order valence-electron chi connectivity index (χ3n) is 2.95. The van der Waals surface area contributed by atoms with E-state index in [1.54, 1.807) is 0 Å². The zero-order valence-corrected chi connectivity index (χ0v) is 10.2. The zero-order chi connectivity index (χ0) is 11.5. The molecule has 16 heavy (non-hydrogen) atoms. The number of fused-ring (bicyclic) bond motifs is 1. The summed E-state index contributed by atoms with van der Waals surface area (Å²) in [5.41, 5.74) is 2.34. The summed E-state index contributed by atoms with van der Waals surface area (Å²) < 4.78 is 5.82. The third kappa shape index (κ3) is 2.12. The van der Waals surface area contributed by atoms with Crippen LogP contribution < -0.4 is 5.32 Å². The van der Waals surface area contributed by atoms with Crippen LogP contribution in [0.25, 0.3) is 11.0 Å². The van der Waals surface area contributed by atoms with E-state index in [2.05, 4.69) is 50.4 Å². The smallest absolute Gasteiger partial charge is 0.134 e. The van der Waals surface area contributed by atoms with Gasteiger partial charge < -0.3 is 9.73 Å². The highest BCUT2D eigenvalue weighted by atomic mass is 16.3. The monoisotopic (exact) mass is 217 g/mol. The Kier molecular flexibility index (Phi) is 3.30. The van der Waals surface area contributed by atoms with Crippen LogP contribution in [0.2, 0.25) is 0 Å². The van der Waals surface area contributed by atoms with E-state index in [0.29, 0.717) is 0 Å². The van der Waals surface area contributed by atoms with Crippen LogP contribution in [0.1, 0.15) is 38.1 Å². The molecule has 1 unspecified atom stereocenters. The van der Waals surface area contributed by atoms with Crippen LogP contribution >= 0.6 is 0 Å². The Morgan fingerprint density at radius 2 is 2.06 bits per heavy atom. The standard InChI is InChI=1S/C14H19NO/c1-4-11-6-7-13-12(8-11)9-14(16-13)10(3)15-5-2/h6-10,15H,4-5H2,1-3H3. The van der Waals surface area contributed by atoms with Crippen molar-refractivity contribution in [3.8, 4) is 0 Å². The lowest BCUT2D eigenvalue weighted by Crippen LogP contribution is -2.16. The summed E-state index contributed by atoms with van der Waals surface area (Å²) in [6, 6.07) is 8.83. The Morgan fingerprint density at radius 1 is 1.25 bits per heavy atom. The first-order chi connectivity index (χ1) is 7.74. The molecule has 2 aromatic rings. The van der Waals surface area contributed by atoms with Gasteiger partial charge in [0.2, 0.25) is 0 Å². The number of aryl methyl sites for hydroxylation is 1. The third-order valence-corrected chi connectivity index (χ3v) is 2.95. The SMILES string of the molecule is CCNC(C)c1cc2cc(CC)ccc2o1. The molecule has 1 aromatic heterocycles. The van der Waals surface area contributed by atoms with Crippen molar-refractivity contribution in [1.29, 1.82) is 0 Å². The number of hydrogen-bond donors (Lipinski definition) is 1. The highest BCUT2D eigenvalue weighted by Crippen LogP contribution is 2.24. The molecular formula is C14H19NO. The second-order valence-corrected chi connectivity index (χ2v) is 4.15. The van der Waals surface area contributed by atoms with Gasteiger partial charge >= 0.3 is 0 Å². The minimum absolute atomic E-state index is 0.280. The molecule has 0 spiro atoms. The molecule has 1 aromatic carbocycles. The minimum Gasteiger partial charge on any atom is -0.459 e. The van der Waals surface area contributed by atoms with Gasteiger partial charge in [-0.1, -0.05) is 19.9 Å². The average molecular weight is 217 g/mol. The molecule has 1 N–H and O–H groups in total. The van der Waals surface area contributed by atoms with E-state index in [1.165, 1.54) is 10.9 Å². The Morgan fingerprint density at radius 3 is 2.75 bits per heavy atom. The van der Waals surface area contributed by atoms with Crippen molar-refractivity contribution in [2.24, 2.45) is 0 Å². The summed E-state index contributed by atoms with van der Waals surface area (Å²) in [5.74, 6) is 1.02. The number of rotatable bonds is 4. The Hall–Kier alpha value is -1.28. The molecule has 0 aliphatic carbocycles. The van der Waals surface area contributed by atoms with Gasteiger partial charge in [-0.15, -0.1) is 0 Å². The number of furan rings is 1. The molecule has 0 saturated carbocycles. The van der Waals surface area contributed by atoms with Gasteiger partial charge in [-0.05, 0) is 43.7 Å². The molecule has 0 fully saturated rings. The first-order valence-corrected chi connectivity index (χ1v) is 6.00. The Bertz CT molecular complexity index is 473. The molecule has 2 rings (SSSR count). The lowest BCUT2D eigenvalue weighted by atomic mass is 10.1. The van der Waals surface area contributed by atoms with Crippen LogP contribution in [0.15, 0.2) is 28.7 Å². The highest BCUT2D eigenvalue weighted by Gasteiger charge is 2.10. The van der Waals surface area contributed by atoms with Crippen molar-refractivity contribution >= 4 is 11.0 Å². The van der Waals surface area contributed by atoms with Crippen LogP contribution in [0, 0.1) is 0 Å². The topological polar surface area (TPSA) is 25.2 Å². The maximum Gasteiger partial charge on any atom is 0.134 e. The molecule has 0 aliphatic heterocycles. The van der Waals surface area contributed by atoms with Crippen LogP contribution in [-0.4, -0.2) is 6.54 Å². The van der Waals surface area contributed by atoms with Crippen molar-refractivity contribution < 1.29 is 4.42 Å². The fourth-order valence-electron chi connectivity index (χ4n) is 1.95. The summed E-state index contributed by atoms with van der Waals surface area (Å²) in [6.07, 6.45) is 1.07. The molecule has 0 saturated heterocycles. The van der Waals surface area contributed by atoms with Gasteiger partial charge in [0.15, 0.2) is 0 Å². The van der Waals surface area contributed by atoms with Gasteiger partial charge in [-0.3, -0.25) is 0 Å². The van der Waals surface area contributed by atoms with Crippen LogP contribution in [-0.2, 0) is 6.42 Å². The highest BCUT2D eigenvalue weighted by molar-refractivity contribution is 5.78. The van der Waals surface area contributed by atoms with Crippen molar-refractivity contribution in [3.05, 3.63) is 35.6 Å². The largest absolute Gasteiger partial charge is 0.459 e. The maximum atomic E-state index is 5.82. The van der Waals surface area contributed by atoms with Crippen LogP contribution in [0.3, 0.4) is 0 Å². The lowest BCUT2D eigenvalue weighted by molar-refractivity contribution is 0.459. The average Bonchev–Trinajstić information content (AvgIpc) is 2.71. The molecule has 0 amide bonds. The number of benzene rings is 1. The molecular weight excluding hydrogens is 198 g/mol. The van der Waals surface area contributed by atoms with Crippen molar-refractivity contribution in [1.82, 2.24) is 5.32 Å². The van der Waals surface area contributed by atoms with Crippen molar-refractivity contribution in [2.75, 3.05) is 6.54 Å². The van der Waals surface area contributed by atoms with E-state index in [9.17, 15) is 0 Å². The van der Waals surface area contributed by atoms with E-state index in [0.717, 1.165) is 24.3 Å². The normalized spacial score (nSPS) is 13.2. The van der Waals surface area contributed by atoms with Gasteiger partial charge in [0.25, 0.3) is 0 Å². The molecule has 0 aliphatic rings. The van der Waals surface area contributed by atoms with Crippen LogP contribution in [0.5, 0.6) is 0 Å². The zero-order valence-electron chi connectivity index (χ0n) is 10.2. The van der Waals surface area contributed by atoms with E-state index >= 15 is 0 Å². The molecule has 86 valence electrons. The second-order valence-electron chi connectivity index (χ2n) is 4.15. The first-order valence-electron chi connectivity index (χ1n) is 6.00. The molecule has 1 atom stereocenters. The van der Waals surface area contributed by atoms with Gasteiger partial charge in [-0.25, -0.2) is 0 Å². The fraction of sp³-hybridized carbons (Fsp3) is 0.429. The number of hydrogen-bond acceptors (Lipinski definition) is 2. The molecule has 2 heteroatoms. The van der Waals surface area contributed by atoms with E-state index < -0.39 is 0 Å². The van der Waals surface area contributed by atoms with E-state index in [1.807, 2.05) is 0 Å². The molecule has 0 bridgehead atoms. The Labute approximate surface area is 96.6 Å². The fourth-order valence-corrected chi connectivity index (χ4v) is 1.95. The van der Waals surface area contributed by atoms with Gasteiger partial charge in [-0.2, -0.15) is 0 Å². The summed E-state index contributed by atoms with van der Waals surface area (Å²) in [5, 5.41) is 4.57. The molecule has 0 radical (unpaired) electrons. The van der Waals surface area contributed by atoms with Crippen molar-refractivity contribution in [3.63, 3.8) is 0 Å². The summed E-state index contributed by atoms with van der Waals surface area (Å²) >= 11 is 0. The predicted octanol–water partition coefficient (Wildman–Crippen LogP) is 3.67. The second kappa shape index (κ2) is 4.71. The number of nitrogens with one attached hydrogen (secondary N) is 1. The lowest BCUT2D eigenvalue weighted by Gasteiger charge is -2.07. The van der Waals surface area contributed by atoms with Crippen LogP contribution in [0.4, 0.5) is 0 Å². The van der Waals surface area contributed by atoms with E-state index in [-0.39, 0.29) is 6.04 Å². The first kappa shape index (κ1) is 11.2. The maximum absolute atomic E-state index is 5.82. The van der Waals surface area contributed by atoms with Gasteiger partial charge in [0, 0.05) is 5.39 Å². The van der Waals surface area contributed by atoms with Gasteiger partial charge in [0.05, 0.1) is 6.04 Å². The van der Waals surface area contributed by atoms with E-state index in [4.69, 9.17) is 4.42 Å². The minimum atomic E-state index is 0.280. The summed E-state index contributed by atoms with van der Waals surface area (Å²) in [4.78, 5) is 0. The summed E-state index contributed by atoms with van der Waals surface area (Å²) in [7, 11) is 0. The Balaban J connectivity index is 2.35.